The molecule has 1 atom stereocenters. The second-order valence-corrected chi connectivity index (χ2v) is 7.69. The number of nitrogens with zero attached hydrogens (tertiary/aromatic N) is 3. The molecule has 0 radical (unpaired) electrons. The molecular formula is C18H24N4O2S. The van der Waals surface area contributed by atoms with Crippen molar-refractivity contribution in [1.82, 2.24) is 14.3 Å². The highest BCUT2D eigenvalue weighted by Crippen LogP contribution is 2.30. The van der Waals surface area contributed by atoms with Crippen LogP contribution in [0, 0.1) is 4.77 Å². The van der Waals surface area contributed by atoms with E-state index in [1.54, 1.807) is 0 Å². The van der Waals surface area contributed by atoms with Gasteiger partial charge in [0.25, 0.3) is 0 Å². The van der Waals surface area contributed by atoms with Gasteiger partial charge in [-0.2, -0.15) is 0 Å². The van der Waals surface area contributed by atoms with Crippen molar-refractivity contribution in [3.05, 3.63) is 46.0 Å². The van der Waals surface area contributed by atoms with Gasteiger partial charge in [0.2, 0.25) is 5.82 Å². The quantitative estimate of drug-likeness (QED) is 0.673. The van der Waals surface area contributed by atoms with E-state index in [1.807, 2.05) is 31.4 Å². The van der Waals surface area contributed by atoms with Crippen LogP contribution in [-0.4, -0.2) is 25.9 Å². The predicted molar refractivity (Wildman–Crippen MR) is 97.9 cm³/mol. The van der Waals surface area contributed by atoms with Gasteiger partial charge in [-0.25, -0.2) is 9.48 Å². The van der Waals surface area contributed by atoms with Crippen molar-refractivity contribution in [3.8, 4) is 0 Å². The van der Waals surface area contributed by atoms with Gasteiger partial charge >= 0.3 is 5.97 Å². The summed E-state index contributed by atoms with van der Waals surface area (Å²) in [5.41, 5.74) is 7.78. The van der Waals surface area contributed by atoms with Gasteiger partial charge < -0.3 is 10.5 Å². The van der Waals surface area contributed by atoms with Gasteiger partial charge in [0.1, 0.15) is 5.60 Å². The second kappa shape index (κ2) is 6.72. The lowest BCUT2D eigenvalue weighted by molar-refractivity contribution is 0.00465. The summed E-state index contributed by atoms with van der Waals surface area (Å²) in [4.78, 5) is 12.6. The molecule has 2 N–H and O–H groups in total. The van der Waals surface area contributed by atoms with Crippen LogP contribution in [0.25, 0.3) is 0 Å². The third-order valence-electron chi connectivity index (χ3n) is 4.31. The zero-order chi connectivity index (χ0) is 18.2. The van der Waals surface area contributed by atoms with Gasteiger partial charge in [0.15, 0.2) is 4.77 Å². The first-order valence-corrected chi connectivity index (χ1v) is 8.90. The van der Waals surface area contributed by atoms with Crippen LogP contribution in [0.3, 0.4) is 0 Å². The Morgan fingerprint density at radius 1 is 1.36 bits per heavy atom. The summed E-state index contributed by atoms with van der Waals surface area (Å²) in [6, 6.07) is 8.46. The molecule has 134 valence electrons. The van der Waals surface area contributed by atoms with Gasteiger partial charge in [-0.15, -0.1) is 5.10 Å². The van der Waals surface area contributed by atoms with Crippen LogP contribution < -0.4 is 5.73 Å². The Kier molecular flexibility index (Phi) is 4.79. The van der Waals surface area contributed by atoms with E-state index in [1.165, 1.54) is 15.8 Å². The fraction of sp³-hybridized carbons (Fsp3) is 0.500. The zero-order valence-corrected chi connectivity index (χ0v) is 15.7. The first-order valence-electron chi connectivity index (χ1n) is 8.49. The number of aryl methyl sites for hydroxylation is 1. The minimum Gasteiger partial charge on any atom is -0.454 e. The highest BCUT2D eigenvalue weighted by atomic mass is 32.1. The number of carbonyl (C=O) groups is 1. The van der Waals surface area contributed by atoms with Gasteiger partial charge in [0, 0.05) is 6.04 Å². The highest BCUT2D eigenvalue weighted by Gasteiger charge is 2.29. The summed E-state index contributed by atoms with van der Waals surface area (Å²) in [5, 5.41) is 4.32. The largest absolute Gasteiger partial charge is 0.454 e. The maximum absolute atomic E-state index is 12.6. The lowest BCUT2D eigenvalue weighted by atomic mass is 9.88. The van der Waals surface area contributed by atoms with Crippen molar-refractivity contribution in [2.45, 2.75) is 58.3 Å². The van der Waals surface area contributed by atoms with Gasteiger partial charge in [-0.05, 0) is 63.4 Å². The number of hydrogen-bond acceptors (Lipinski definition) is 5. The van der Waals surface area contributed by atoms with Gasteiger partial charge in [-0.1, -0.05) is 24.3 Å². The van der Waals surface area contributed by atoms with Crippen LogP contribution in [0.15, 0.2) is 24.3 Å². The van der Waals surface area contributed by atoms with E-state index >= 15 is 0 Å². The van der Waals surface area contributed by atoms with Crippen molar-refractivity contribution in [3.63, 3.8) is 0 Å². The molecule has 1 aromatic carbocycles. The fourth-order valence-corrected chi connectivity index (χ4v) is 3.58. The SMILES string of the molecule is CC(C)(C)OC(=O)c1nn(CN)c(=S)n1C1CCc2ccccc2C1. The third-order valence-corrected chi connectivity index (χ3v) is 4.72. The van der Waals surface area contributed by atoms with Crippen LogP contribution in [0.5, 0.6) is 0 Å². The molecule has 6 nitrogen and oxygen atoms in total. The smallest absolute Gasteiger partial charge is 0.376 e. The van der Waals surface area contributed by atoms with Crippen LogP contribution in [0.2, 0.25) is 0 Å². The van der Waals surface area contributed by atoms with E-state index < -0.39 is 11.6 Å². The molecule has 1 aliphatic rings. The van der Waals surface area contributed by atoms with E-state index in [0.717, 1.165) is 19.3 Å². The number of benzene rings is 1. The number of nitrogens with two attached hydrogens (primary N) is 1. The van der Waals surface area contributed by atoms with E-state index in [4.69, 9.17) is 22.7 Å². The molecule has 0 aliphatic heterocycles. The first-order chi connectivity index (χ1) is 11.8. The predicted octanol–water partition coefficient (Wildman–Crippen LogP) is 3.02. The maximum atomic E-state index is 12.6. The molecular weight excluding hydrogens is 336 g/mol. The molecule has 0 spiro atoms. The van der Waals surface area contributed by atoms with E-state index in [0.29, 0.717) is 4.77 Å². The molecule has 0 bridgehead atoms. The maximum Gasteiger partial charge on any atom is 0.376 e. The number of rotatable bonds is 3. The second-order valence-electron chi connectivity index (χ2n) is 7.33. The summed E-state index contributed by atoms with van der Waals surface area (Å²) in [7, 11) is 0. The van der Waals surface area contributed by atoms with E-state index in [2.05, 4.69) is 23.3 Å². The molecule has 2 aromatic rings. The van der Waals surface area contributed by atoms with Crippen LogP contribution in [0.1, 0.15) is 55.0 Å². The van der Waals surface area contributed by atoms with Crippen molar-refractivity contribution < 1.29 is 9.53 Å². The summed E-state index contributed by atoms with van der Waals surface area (Å²) < 4.78 is 9.29. The summed E-state index contributed by atoms with van der Waals surface area (Å²) in [6.45, 7) is 5.63. The Balaban J connectivity index is 2.00. The van der Waals surface area contributed by atoms with Crippen LogP contribution in [0.4, 0.5) is 0 Å². The van der Waals surface area contributed by atoms with Gasteiger partial charge in [-0.3, -0.25) is 4.57 Å². The average molecular weight is 360 g/mol. The summed E-state index contributed by atoms with van der Waals surface area (Å²) in [5.74, 6) is -0.237. The van der Waals surface area contributed by atoms with Gasteiger partial charge in [0.05, 0.1) is 6.67 Å². The molecule has 25 heavy (non-hydrogen) atoms. The Morgan fingerprint density at radius 3 is 2.68 bits per heavy atom. The first kappa shape index (κ1) is 17.8. The number of hydrogen-bond donors (Lipinski definition) is 1. The molecule has 0 saturated carbocycles. The van der Waals surface area contributed by atoms with E-state index in [9.17, 15) is 4.79 Å². The lowest BCUT2D eigenvalue weighted by Crippen LogP contribution is -2.28. The molecule has 1 aromatic heterocycles. The van der Waals surface area contributed by atoms with Crippen molar-refractivity contribution in [1.29, 1.82) is 0 Å². The number of ether oxygens (including phenoxy) is 1. The Morgan fingerprint density at radius 2 is 2.04 bits per heavy atom. The normalized spacial score (nSPS) is 17.2. The third kappa shape index (κ3) is 3.67. The molecule has 1 aliphatic carbocycles. The van der Waals surface area contributed by atoms with Crippen molar-refractivity contribution in [2.75, 3.05) is 0 Å². The molecule has 1 heterocycles. The molecule has 0 saturated heterocycles. The average Bonchev–Trinajstić information content (AvgIpc) is 2.89. The molecule has 0 amide bonds. The number of fused-ring (bicyclic) bond motifs is 1. The molecule has 1 unspecified atom stereocenters. The topological polar surface area (TPSA) is 75.1 Å². The van der Waals surface area contributed by atoms with Crippen LogP contribution >= 0.6 is 12.2 Å². The van der Waals surface area contributed by atoms with Crippen molar-refractivity contribution in [2.24, 2.45) is 5.73 Å². The molecule has 3 rings (SSSR count). The monoisotopic (exact) mass is 360 g/mol. The Bertz CT molecular complexity index is 847. The standard InChI is InChI=1S/C18H24N4O2S/c1-18(2,3)24-16(23)15-20-21(11-19)17(25)22(15)14-9-8-12-6-4-5-7-13(12)10-14/h4-7,14H,8-11,19H2,1-3H3. The number of esters is 1. The van der Waals surface area contributed by atoms with Crippen LogP contribution in [-0.2, 0) is 24.2 Å². The minimum absolute atomic E-state index is 0.0743. The highest BCUT2D eigenvalue weighted by molar-refractivity contribution is 7.71. The molecule has 7 heteroatoms. The summed E-state index contributed by atoms with van der Waals surface area (Å²) >= 11 is 5.53. The summed E-state index contributed by atoms with van der Waals surface area (Å²) in [6.07, 6.45) is 2.66. The Hall–Kier alpha value is -1.99. The molecule has 0 fully saturated rings. The minimum atomic E-state index is -0.595. The Labute approximate surface area is 152 Å². The number of carbonyl (C=O) groups excluding carboxylic acids is 1. The number of aromatic nitrogens is 3. The lowest BCUT2D eigenvalue weighted by Gasteiger charge is -2.27. The fourth-order valence-electron chi connectivity index (χ4n) is 3.23. The zero-order valence-electron chi connectivity index (χ0n) is 14.9. The van der Waals surface area contributed by atoms with E-state index in [-0.39, 0.29) is 18.5 Å². The van der Waals surface area contributed by atoms with Crippen molar-refractivity contribution >= 4 is 18.2 Å².